The molecule has 0 spiro atoms. The molecule has 0 bridgehead atoms. The highest BCUT2D eigenvalue weighted by atomic mass is 32.2. The van der Waals surface area contributed by atoms with E-state index < -0.39 is 20.7 Å². The molecule has 2 heterocycles. The second-order valence-corrected chi connectivity index (χ2v) is 10.6. The van der Waals surface area contributed by atoms with E-state index in [1.54, 1.807) is 24.3 Å². The number of nitrogens with zero attached hydrogens (tertiary/aromatic N) is 3. The number of sulfone groups is 1. The zero-order chi connectivity index (χ0) is 23.6. The average molecular weight is 504 g/mol. The molecule has 0 saturated carbocycles. The van der Waals surface area contributed by atoms with Crippen molar-refractivity contribution in [1.82, 2.24) is 15.0 Å². The van der Waals surface area contributed by atoms with Gasteiger partial charge in [0.15, 0.2) is 10.3 Å². The summed E-state index contributed by atoms with van der Waals surface area (Å²) in [4.78, 5) is 45.2. The van der Waals surface area contributed by atoms with Crippen molar-refractivity contribution in [3.63, 3.8) is 0 Å². The summed E-state index contributed by atoms with van der Waals surface area (Å²) in [5.41, 5.74) is -0.0411. The van der Waals surface area contributed by atoms with Crippen LogP contribution in [-0.2, 0) is 14.6 Å². The number of aromatic nitrogens is 3. The summed E-state index contributed by atoms with van der Waals surface area (Å²) in [5, 5.41) is 14.0. The number of nitrogens with one attached hydrogen (secondary N) is 2. The maximum absolute atomic E-state index is 12.7. The van der Waals surface area contributed by atoms with E-state index in [0.717, 1.165) is 53.6 Å². The van der Waals surface area contributed by atoms with Crippen LogP contribution in [0.2, 0.25) is 0 Å². The standard InChI is InChI=1S/C19H13N5O6S3/c25-15(10-31-19-21-14-4-2-1-3-13(14)17(26)23-19)22-18-20-9-16(32-18)33(29,30)12-7-5-11(6-8-12)24(27)28/h1-9H,10H2,(H,20,22,25)(H,21,23,26). The SMILES string of the molecule is O=C(CSc1nc2ccccc2c(=O)[nH]1)Nc1ncc(S(=O)(=O)c2ccc([N+](=O)[O-])cc2)s1. The fourth-order valence-corrected chi connectivity index (χ4v) is 5.84. The normalized spacial score (nSPS) is 11.4. The quantitative estimate of drug-likeness (QED) is 0.167. The smallest absolute Gasteiger partial charge is 0.269 e. The Hall–Kier alpha value is -3.62. The molecule has 0 aliphatic rings. The van der Waals surface area contributed by atoms with Gasteiger partial charge in [0.05, 0.1) is 32.7 Å². The van der Waals surface area contributed by atoms with Gasteiger partial charge in [0, 0.05) is 12.1 Å². The second kappa shape index (κ2) is 9.09. The third-order valence-corrected chi connectivity index (χ3v) is 8.30. The molecule has 2 aromatic carbocycles. The van der Waals surface area contributed by atoms with E-state index in [-0.39, 0.29) is 36.4 Å². The van der Waals surface area contributed by atoms with Crippen molar-refractivity contribution >= 4 is 60.6 Å². The minimum atomic E-state index is -3.95. The van der Waals surface area contributed by atoms with Crippen LogP contribution in [0.15, 0.2) is 73.8 Å². The number of hydrogen-bond donors (Lipinski definition) is 2. The zero-order valence-electron chi connectivity index (χ0n) is 16.4. The topological polar surface area (TPSA) is 165 Å². The number of aromatic amines is 1. The minimum Gasteiger partial charge on any atom is -0.301 e. The first-order chi connectivity index (χ1) is 15.7. The van der Waals surface area contributed by atoms with E-state index in [1.807, 2.05) is 0 Å². The van der Waals surface area contributed by atoms with Gasteiger partial charge in [-0.1, -0.05) is 35.2 Å². The van der Waals surface area contributed by atoms with Crippen LogP contribution in [0.4, 0.5) is 10.8 Å². The molecule has 0 unspecified atom stereocenters. The summed E-state index contributed by atoms with van der Waals surface area (Å²) in [7, 11) is -3.95. The summed E-state index contributed by atoms with van der Waals surface area (Å²) >= 11 is 1.77. The summed E-state index contributed by atoms with van der Waals surface area (Å²) in [5.74, 6) is -0.560. The van der Waals surface area contributed by atoms with Crippen LogP contribution in [0.3, 0.4) is 0 Å². The second-order valence-electron chi connectivity index (χ2n) is 6.46. The van der Waals surface area contributed by atoms with Crippen LogP contribution in [-0.4, -0.2) is 40.0 Å². The number of nitro groups is 1. The van der Waals surface area contributed by atoms with Crippen LogP contribution in [0.1, 0.15) is 0 Å². The van der Waals surface area contributed by atoms with Gasteiger partial charge in [-0.3, -0.25) is 19.7 Å². The Morgan fingerprint density at radius 3 is 2.64 bits per heavy atom. The number of benzene rings is 2. The van der Waals surface area contributed by atoms with Crippen molar-refractivity contribution in [2.24, 2.45) is 0 Å². The molecule has 168 valence electrons. The number of rotatable bonds is 7. The van der Waals surface area contributed by atoms with E-state index in [9.17, 15) is 28.1 Å². The highest BCUT2D eigenvalue weighted by Gasteiger charge is 2.22. The molecule has 0 radical (unpaired) electrons. The number of amides is 1. The van der Waals surface area contributed by atoms with Crippen LogP contribution in [0.5, 0.6) is 0 Å². The molecule has 14 heteroatoms. The number of thioether (sulfide) groups is 1. The fourth-order valence-electron chi connectivity index (χ4n) is 2.73. The number of fused-ring (bicyclic) bond motifs is 1. The highest BCUT2D eigenvalue weighted by molar-refractivity contribution is 7.99. The van der Waals surface area contributed by atoms with Crippen molar-refractivity contribution < 1.29 is 18.1 Å². The first kappa shape index (κ1) is 22.6. The number of carbonyl (C=O) groups is 1. The van der Waals surface area contributed by atoms with Gasteiger partial charge in [0.25, 0.3) is 11.2 Å². The van der Waals surface area contributed by atoms with Gasteiger partial charge in [-0.25, -0.2) is 18.4 Å². The Bertz CT molecular complexity index is 1530. The number of nitro benzene ring substituents is 1. The summed E-state index contributed by atoms with van der Waals surface area (Å²) < 4.78 is 25.3. The maximum Gasteiger partial charge on any atom is 0.269 e. The average Bonchev–Trinajstić information content (AvgIpc) is 3.27. The third-order valence-electron chi connectivity index (χ3n) is 4.28. The molecule has 2 aromatic heterocycles. The number of thiazole rings is 1. The predicted octanol–water partition coefficient (Wildman–Crippen LogP) is 2.85. The number of H-pyrrole nitrogens is 1. The lowest BCUT2D eigenvalue weighted by atomic mass is 10.2. The lowest BCUT2D eigenvalue weighted by Gasteiger charge is -2.03. The molecule has 0 saturated heterocycles. The molecule has 1 amide bonds. The number of carbonyl (C=O) groups excluding carboxylic acids is 1. The Morgan fingerprint density at radius 1 is 1.18 bits per heavy atom. The molecule has 0 fully saturated rings. The van der Waals surface area contributed by atoms with Gasteiger partial charge in [0.1, 0.15) is 4.21 Å². The Balaban J connectivity index is 1.42. The van der Waals surface area contributed by atoms with E-state index in [1.165, 1.54) is 0 Å². The van der Waals surface area contributed by atoms with Crippen LogP contribution >= 0.6 is 23.1 Å². The maximum atomic E-state index is 12.7. The largest absolute Gasteiger partial charge is 0.301 e. The molecular formula is C19H13N5O6S3. The molecule has 0 atom stereocenters. The van der Waals surface area contributed by atoms with Crippen molar-refractivity contribution in [2.75, 3.05) is 11.1 Å². The highest BCUT2D eigenvalue weighted by Crippen LogP contribution is 2.29. The van der Waals surface area contributed by atoms with Crippen molar-refractivity contribution in [3.05, 3.63) is 75.2 Å². The molecule has 11 nitrogen and oxygen atoms in total. The van der Waals surface area contributed by atoms with Gasteiger partial charge < -0.3 is 10.3 Å². The van der Waals surface area contributed by atoms with E-state index >= 15 is 0 Å². The first-order valence-electron chi connectivity index (χ1n) is 9.11. The zero-order valence-corrected chi connectivity index (χ0v) is 18.9. The Kier molecular flexibility index (Phi) is 6.22. The van der Waals surface area contributed by atoms with Gasteiger partial charge in [-0.2, -0.15) is 0 Å². The number of anilines is 1. The summed E-state index contributed by atoms with van der Waals surface area (Å²) in [6, 6.07) is 11.3. The summed E-state index contributed by atoms with van der Waals surface area (Å²) in [6.45, 7) is 0. The van der Waals surface area contributed by atoms with Crippen LogP contribution in [0, 0.1) is 10.1 Å². The predicted molar refractivity (Wildman–Crippen MR) is 122 cm³/mol. The van der Waals surface area contributed by atoms with Crippen molar-refractivity contribution in [1.29, 1.82) is 0 Å². The Morgan fingerprint density at radius 2 is 1.91 bits per heavy atom. The molecule has 0 aliphatic carbocycles. The number of para-hydroxylation sites is 1. The van der Waals surface area contributed by atoms with Gasteiger partial charge in [-0.15, -0.1) is 0 Å². The number of non-ortho nitro benzene ring substituents is 1. The molecule has 0 aliphatic heterocycles. The van der Waals surface area contributed by atoms with E-state index in [2.05, 4.69) is 20.3 Å². The summed E-state index contributed by atoms with van der Waals surface area (Å²) in [6.07, 6.45) is 1.10. The molecular weight excluding hydrogens is 490 g/mol. The van der Waals surface area contributed by atoms with Gasteiger partial charge in [0.2, 0.25) is 15.7 Å². The molecule has 2 N–H and O–H groups in total. The van der Waals surface area contributed by atoms with Crippen LogP contribution in [0.25, 0.3) is 10.9 Å². The fraction of sp³-hybridized carbons (Fsp3) is 0.0526. The minimum absolute atomic E-state index is 0.0704. The van der Waals surface area contributed by atoms with E-state index in [4.69, 9.17) is 0 Å². The molecule has 4 aromatic rings. The monoisotopic (exact) mass is 503 g/mol. The molecule has 33 heavy (non-hydrogen) atoms. The number of hydrogen-bond acceptors (Lipinski definition) is 10. The third kappa shape index (κ3) is 4.92. The lowest BCUT2D eigenvalue weighted by molar-refractivity contribution is -0.384. The van der Waals surface area contributed by atoms with Crippen molar-refractivity contribution in [2.45, 2.75) is 14.3 Å². The first-order valence-corrected chi connectivity index (χ1v) is 12.4. The van der Waals surface area contributed by atoms with Gasteiger partial charge >= 0.3 is 0 Å². The lowest BCUT2D eigenvalue weighted by Crippen LogP contribution is -2.15. The Labute approximate surface area is 194 Å². The molecule has 4 rings (SSSR count). The van der Waals surface area contributed by atoms with E-state index in [0.29, 0.717) is 10.9 Å². The van der Waals surface area contributed by atoms with Crippen LogP contribution < -0.4 is 10.9 Å². The van der Waals surface area contributed by atoms with Crippen molar-refractivity contribution in [3.8, 4) is 0 Å². The van der Waals surface area contributed by atoms with Gasteiger partial charge in [-0.05, 0) is 24.3 Å².